The van der Waals surface area contributed by atoms with E-state index in [0.29, 0.717) is 10.6 Å². The molecule has 0 atom stereocenters. The first kappa shape index (κ1) is 11.5. The number of nitrogens with one attached hydrogen (secondary N) is 2. The largest absolute Gasteiger partial charge is 0.493 e. The van der Waals surface area contributed by atoms with Crippen molar-refractivity contribution in [2.45, 2.75) is 0 Å². The Kier molecular flexibility index (Phi) is 3.01. The molecule has 5 nitrogen and oxygen atoms in total. The number of aromatic hydroxyl groups is 1. The third-order valence-electron chi connectivity index (χ3n) is 2.27. The van der Waals surface area contributed by atoms with E-state index >= 15 is 0 Å². The molecule has 6 heteroatoms. The summed E-state index contributed by atoms with van der Waals surface area (Å²) in [6.07, 6.45) is 0. The molecule has 0 aliphatic rings. The first-order valence-electron chi connectivity index (χ1n) is 4.89. The van der Waals surface area contributed by atoms with Crippen molar-refractivity contribution in [3.05, 3.63) is 39.6 Å². The highest BCUT2D eigenvalue weighted by molar-refractivity contribution is 6.30. The zero-order chi connectivity index (χ0) is 12.4. The van der Waals surface area contributed by atoms with E-state index in [1.165, 1.54) is 0 Å². The number of anilines is 1. The highest BCUT2D eigenvalue weighted by atomic mass is 35.5. The van der Waals surface area contributed by atoms with Gasteiger partial charge >= 0.3 is 0 Å². The zero-order valence-electron chi connectivity index (χ0n) is 8.99. The first-order valence-corrected chi connectivity index (χ1v) is 5.26. The van der Waals surface area contributed by atoms with E-state index in [9.17, 15) is 9.90 Å². The van der Waals surface area contributed by atoms with Crippen LogP contribution in [0, 0.1) is 0 Å². The molecule has 1 aromatic heterocycles. The van der Waals surface area contributed by atoms with Crippen LogP contribution in [0.1, 0.15) is 0 Å². The molecule has 1 aromatic carbocycles. The molecule has 0 bridgehead atoms. The van der Waals surface area contributed by atoms with Crippen LogP contribution in [0.5, 0.6) is 5.88 Å². The molecule has 0 aliphatic carbocycles. The molecule has 17 heavy (non-hydrogen) atoms. The summed E-state index contributed by atoms with van der Waals surface area (Å²) >= 11 is 5.75. The van der Waals surface area contributed by atoms with Gasteiger partial charge in [-0.15, -0.1) is 0 Å². The third-order valence-corrected chi connectivity index (χ3v) is 2.52. The van der Waals surface area contributed by atoms with Gasteiger partial charge in [0.1, 0.15) is 5.56 Å². The van der Waals surface area contributed by atoms with E-state index in [4.69, 9.17) is 11.6 Å². The van der Waals surface area contributed by atoms with Crippen LogP contribution in [0.25, 0.3) is 11.1 Å². The number of halogens is 1. The molecular weight excluding hydrogens is 242 g/mol. The van der Waals surface area contributed by atoms with Gasteiger partial charge in [0.15, 0.2) is 0 Å². The lowest BCUT2D eigenvalue weighted by atomic mass is 10.1. The maximum Gasteiger partial charge on any atom is 0.264 e. The van der Waals surface area contributed by atoms with Crippen LogP contribution >= 0.6 is 11.6 Å². The molecule has 88 valence electrons. The fourth-order valence-corrected chi connectivity index (χ4v) is 1.58. The number of aromatic nitrogens is 2. The van der Waals surface area contributed by atoms with E-state index in [1.807, 2.05) is 0 Å². The first-order chi connectivity index (χ1) is 8.11. The standard InChI is InChI=1S/C11H10ClN3O2/c1-13-11-14-9(16)8(10(17)15-11)6-2-4-7(12)5-3-6/h2-5H,1H3,(H3,13,14,15,16,17). The number of nitrogens with zero attached hydrogens (tertiary/aromatic N) is 1. The Bertz CT molecular complexity index is 593. The number of hydrogen-bond acceptors (Lipinski definition) is 4. The summed E-state index contributed by atoms with van der Waals surface area (Å²) in [7, 11) is 1.60. The van der Waals surface area contributed by atoms with Crippen molar-refractivity contribution in [2.24, 2.45) is 0 Å². The SMILES string of the molecule is CNc1nc(O)c(-c2ccc(Cl)cc2)c(=O)[nH]1. The predicted molar refractivity (Wildman–Crippen MR) is 66.5 cm³/mol. The minimum Gasteiger partial charge on any atom is -0.493 e. The van der Waals surface area contributed by atoms with Gasteiger partial charge in [-0.3, -0.25) is 9.78 Å². The van der Waals surface area contributed by atoms with Crippen molar-refractivity contribution in [2.75, 3.05) is 12.4 Å². The van der Waals surface area contributed by atoms with Gasteiger partial charge in [-0.1, -0.05) is 23.7 Å². The minimum atomic E-state index is -0.413. The van der Waals surface area contributed by atoms with Crippen LogP contribution in [-0.4, -0.2) is 22.1 Å². The van der Waals surface area contributed by atoms with Crippen molar-refractivity contribution >= 4 is 17.5 Å². The van der Waals surface area contributed by atoms with Crippen LogP contribution in [0.4, 0.5) is 5.95 Å². The lowest BCUT2D eigenvalue weighted by Gasteiger charge is -2.05. The van der Waals surface area contributed by atoms with Gasteiger partial charge in [-0.2, -0.15) is 4.98 Å². The summed E-state index contributed by atoms with van der Waals surface area (Å²) in [5.74, 6) is -0.106. The molecule has 2 rings (SSSR count). The second kappa shape index (κ2) is 4.47. The normalized spacial score (nSPS) is 10.2. The van der Waals surface area contributed by atoms with Gasteiger partial charge in [-0.05, 0) is 17.7 Å². The van der Waals surface area contributed by atoms with Crippen molar-refractivity contribution in [3.63, 3.8) is 0 Å². The van der Waals surface area contributed by atoms with E-state index in [1.54, 1.807) is 31.3 Å². The number of H-pyrrole nitrogens is 1. The van der Waals surface area contributed by atoms with Crippen LogP contribution in [0.2, 0.25) is 5.02 Å². The number of aromatic amines is 1. The van der Waals surface area contributed by atoms with Gasteiger partial charge in [0, 0.05) is 12.1 Å². The summed E-state index contributed by atoms with van der Waals surface area (Å²) in [6, 6.07) is 6.57. The summed E-state index contributed by atoms with van der Waals surface area (Å²) in [4.78, 5) is 18.1. The summed E-state index contributed by atoms with van der Waals surface area (Å²) in [5.41, 5.74) is 0.271. The molecule has 0 amide bonds. The topological polar surface area (TPSA) is 78.0 Å². The lowest BCUT2D eigenvalue weighted by Crippen LogP contribution is -2.13. The van der Waals surface area contributed by atoms with E-state index in [-0.39, 0.29) is 17.4 Å². The fourth-order valence-electron chi connectivity index (χ4n) is 1.46. The molecule has 3 N–H and O–H groups in total. The molecule has 0 spiro atoms. The van der Waals surface area contributed by atoms with Gasteiger partial charge in [0.25, 0.3) is 5.56 Å². The summed E-state index contributed by atoms with van der Waals surface area (Å²) in [6.45, 7) is 0. The fraction of sp³-hybridized carbons (Fsp3) is 0.0909. The Morgan fingerprint density at radius 3 is 2.53 bits per heavy atom. The quantitative estimate of drug-likeness (QED) is 0.761. The predicted octanol–water partition coefficient (Wildman–Crippen LogP) is 1.84. The number of rotatable bonds is 2. The second-order valence-electron chi connectivity index (χ2n) is 3.37. The third kappa shape index (κ3) is 2.24. The summed E-state index contributed by atoms with van der Waals surface area (Å²) < 4.78 is 0. The van der Waals surface area contributed by atoms with Crippen molar-refractivity contribution < 1.29 is 5.11 Å². The molecular formula is C11H10ClN3O2. The van der Waals surface area contributed by atoms with E-state index in [0.717, 1.165) is 0 Å². The average molecular weight is 252 g/mol. The highest BCUT2D eigenvalue weighted by Gasteiger charge is 2.12. The zero-order valence-corrected chi connectivity index (χ0v) is 9.75. The molecule has 0 saturated heterocycles. The van der Waals surface area contributed by atoms with Crippen LogP contribution < -0.4 is 10.9 Å². The van der Waals surface area contributed by atoms with Crippen LogP contribution in [0.3, 0.4) is 0 Å². The number of benzene rings is 1. The minimum absolute atomic E-state index is 0.126. The lowest BCUT2D eigenvalue weighted by molar-refractivity contribution is 0.454. The number of hydrogen-bond donors (Lipinski definition) is 3. The van der Waals surface area contributed by atoms with E-state index in [2.05, 4.69) is 15.3 Å². The highest BCUT2D eigenvalue weighted by Crippen LogP contribution is 2.25. The van der Waals surface area contributed by atoms with Gasteiger partial charge in [-0.25, -0.2) is 0 Å². The van der Waals surface area contributed by atoms with Gasteiger partial charge in [0.2, 0.25) is 11.8 Å². The Balaban J connectivity index is 2.60. The molecule has 1 heterocycles. The molecule has 0 saturated carbocycles. The van der Waals surface area contributed by atoms with Gasteiger partial charge in [0.05, 0.1) is 0 Å². The van der Waals surface area contributed by atoms with Crippen LogP contribution in [0.15, 0.2) is 29.1 Å². The molecule has 2 aromatic rings. The molecule has 0 radical (unpaired) electrons. The maximum absolute atomic E-state index is 11.8. The van der Waals surface area contributed by atoms with E-state index < -0.39 is 5.56 Å². The van der Waals surface area contributed by atoms with Gasteiger partial charge < -0.3 is 10.4 Å². The summed E-state index contributed by atoms with van der Waals surface area (Å²) in [5, 5.41) is 12.9. The van der Waals surface area contributed by atoms with Crippen molar-refractivity contribution in [1.29, 1.82) is 0 Å². The molecule has 0 aliphatic heterocycles. The van der Waals surface area contributed by atoms with Crippen LogP contribution in [-0.2, 0) is 0 Å². The Morgan fingerprint density at radius 2 is 2.00 bits per heavy atom. The van der Waals surface area contributed by atoms with Crippen molar-refractivity contribution in [3.8, 4) is 17.0 Å². The molecule has 0 fully saturated rings. The van der Waals surface area contributed by atoms with Crippen molar-refractivity contribution in [1.82, 2.24) is 9.97 Å². The average Bonchev–Trinajstić information content (AvgIpc) is 2.30. The maximum atomic E-state index is 11.8. The monoisotopic (exact) mass is 251 g/mol. The Morgan fingerprint density at radius 1 is 1.35 bits per heavy atom. The second-order valence-corrected chi connectivity index (χ2v) is 3.81. The smallest absolute Gasteiger partial charge is 0.264 e. The Labute approximate surface area is 102 Å². The Hall–Kier alpha value is -2.01. The molecule has 0 unspecified atom stereocenters.